The number of imide groups is 1. The lowest BCUT2D eigenvalue weighted by Gasteiger charge is -2.41. The number of ether oxygens (including phenoxy) is 2. The fourth-order valence-electron chi connectivity index (χ4n) is 2.29. The summed E-state index contributed by atoms with van der Waals surface area (Å²) in [5, 5.41) is 0. The molecule has 3 amide bonds. The van der Waals surface area contributed by atoms with E-state index in [9.17, 15) is 14.4 Å². The van der Waals surface area contributed by atoms with Crippen LogP contribution < -0.4 is 4.74 Å². The zero-order valence-electron chi connectivity index (χ0n) is 11.2. The molecule has 0 aromatic heterocycles. The minimum absolute atomic E-state index is 0.0604. The third kappa shape index (κ3) is 2.67. The van der Waals surface area contributed by atoms with Crippen LogP contribution in [0, 0.1) is 0 Å². The fourth-order valence-corrected chi connectivity index (χ4v) is 2.29. The van der Waals surface area contributed by atoms with Gasteiger partial charge >= 0.3 is 6.09 Å². The van der Waals surface area contributed by atoms with Gasteiger partial charge in [-0.3, -0.25) is 9.59 Å². The van der Waals surface area contributed by atoms with Crippen LogP contribution in [0.5, 0.6) is 5.75 Å². The van der Waals surface area contributed by atoms with E-state index in [-0.39, 0.29) is 31.1 Å². The van der Waals surface area contributed by atoms with Crippen LogP contribution in [-0.2, 0) is 14.3 Å². The van der Waals surface area contributed by atoms with E-state index in [2.05, 4.69) is 4.74 Å². The molecule has 7 nitrogen and oxygen atoms in total. The molecule has 21 heavy (non-hydrogen) atoms. The first-order valence-corrected chi connectivity index (χ1v) is 6.59. The first-order valence-electron chi connectivity index (χ1n) is 6.59. The summed E-state index contributed by atoms with van der Waals surface area (Å²) in [6.45, 7) is 0.394. The molecular formula is C14H14N2O5. The van der Waals surface area contributed by atoms with Gasteiger partial charge in [-0.05, 0) is 12.1 Å². The number of carbonyl (C=O) groups excluding carboxylic acids is 3. The number of carbonyl (C=O) groups is 3. The molecule has 0 radical (unpaired) electrons. The largest absolute Gasteiger partial charge is 0.484 e. The van der Waals surface area contributed by atoms with E-state index in [0.29, 0.717) is 18.8 Å². The zero-order chi connectivity index (χ0) is 14.8. The van der Waals surface area contributed by atoms with Crippen LogP contribution in [0.3, 0.4) is 0 Å². The van der Waals surface area contributed by atoms with E-state index < -0.39 is 6.09 Å². The molecule has 2 fully saturated rings. The van der Waals surface area contributed by atoms with Crippen LogP contribution in [0.1, 0.15) is 0 Å². The minimum Gasteiger partial charge on any atom is -0.484 e. The Kier molecular flexibility index (Phi) is 3.47. The Bertz CT molecular complexity index is 552. The summed E-state index contributed by atoms with van der Waals surface area (Å²) in [5.41, 5.74) is 0. The Morgan fingerprint density at radius 3 is 2.57 bits per heavy atom. The van der Waals surface area contributed by atoms with Crippen molar-refractivity contribution in [1.29, 1.82) is 0 Å². The number of hydrogen-bond donors (Lipinski definition) is 0. The van der Waals surface area contributed by atoms with Crippen molar-refractivity contribution in [2.45, 2.75) is 6.04 Å². The van der Waals surface area contributed by atoms with Gasteiger partial charge in [0.05, 0.1) is 6.04 Å². The van der Waals surface area contributed by atoms with Crippen molar-refractivity contribution in [3.63, 3.8) is 0 Å². The minimum atomic E-state index is -0.627. The van der Waals surface area contributed by atoms with Gasteiger partial charge in [-0.2, -0.15) is 0 Å². The average molecular weight is 290 g/mol. The summed E-state index contributed by atoms with van der Waals surface area (Å²) < 4.78 is 10.0. The number of para-hydroxylation sites is 1. The van der Waals surface area contributed by atoms with Gasteiger partial charge in [0.25, 0.3) is 11.8 Å². The maximum Gasteiger partial charge on any atom is 0.417 e. The maximum atomic E-state index is 11.9. The van der Waals surface area contributed by atoms with Crippen molar-refractivity contribution in [2.75, 3.05) is 26.3 Å². The normalized spacial score (nSPS) is 18.5. The summed E-state index contributed by atoms with van der Waals surface area (Å²) in [7, 11) is 0. The molecule has 3 rings (SSSR count). The number of amides is 3. The van der Waals surface area contributed by atoms with Crippen LogP contribution in [0.2, 0.25) is 0 Å². The molecule has 110 valence electrons. The monoisotopic (exact) mass is 290 g/mol. The van der Waals surface area contributed by atoms with Crippen molar-refractivity contribution in [3.05, 3.63) is 30.3 Å². The molecule has 1 aromatic rings. The lowest BCUT2D eigenvalue weighted by atomic mass is 10.1. The zero-order valence-corrected chi connectivity index (χ0v) is 11.2. The molecule has 2 heterocycles. The summed E-state index contributed by atoms with van der Waals surface area (Å²) in [5.74, 6) is 0.106. The molecule has 2 saturated heterocycles. The van der Waals surface area contributed by atoms with E-state index >= 15 is 0 Å². The Balaban J connectivity index is 1.46. The van der Waals surface area contributed by atoms with Crippen LogP contribution in [0.15, 0.2) is 30.3 Å². The third-order valence-corrected chi connectivity index (χ3v) is 3.47. The van der Waals surface area contributed by atoms with Gasteiger partial charge in [-0.25, -0.2) is 9.69 Å². The highest BCUT2D eigenvalue weighted by Gasteiger charge is 2.44. The van der Waals surface area contributed by atoms with Crippen LogP contribution >= 0.6 is 0 Å². The van der Waals surface area contributed by atoms with Crippen LogP contribution in [0.25, 0.3) is 0 Å². The lowest BCUT2D eigenvalue weighted by Crippen LogP contribution is -2.62. The Labute approximate surface area is 121 Å². The van der Waals surface area contributed by atoms with Crippen molar-refractivity contribution in [1.82, 2.24) is 9.80 Å². The number of nitrogens with zero attached hydrogens (tertiary/aromatic N) is 2. The highest BCUT2D eigenvalue weighted by molar-refractivity contribution is 5.98. The SMILES string of the molecule is O=C(COc1ccccc1)N1CC(N2C(=O)COC2=O)C1. The fraction of sp³-hybridized carbons (Fsp3) is 0.357. The maximum absolute atomic E-state index is 11.9. The smallest absolute Gasteiger partial charge is 0.417 e. The van der Waals surface area contributed by atoms with E-state index in [1.807, 2.05) is 18.2 Å². The van der Waals surface area contributed by atoms with E-state index in [4.69, 9.17) is 4.74 Å². The Morgan fingerprint density at radius 1 is 1.24 bits per heavy atom. The number of rotatable bonds is 4. The summed E-state index contributed by atoms with van der Waals surface area (Å²) in [6, 6.07) is 8.76. The molecular weight excluding hydrogens is 276 g/mol. The first kappa shape index (κ1) is 13.4. The molecule has 0 spiro atoms. The van der Waals surface area contributed by atoms with Gasteiger partial charge in [-0.1, -0.05) is 18.2 Å². The molecule has 2 aliphatic heterocycles. The third-order valence-electron chi connectivity index (χ3n) is 3.47. The van der Waals surface area contributed by atoms with Crippen molar-refractivity contribution >= 4 is 17.9 Å². The number of hydrogen-bond acceptors (Lipinski definition) is 5. The standard InChI is InChI=1S/C14H14N2O5/c17-12(8-20-11-4-2-1-3-5-11)15-6-10(7-15)16-13(18)9-21-14(16)19/h1-5,10H,6-9H2. The molecule has 1 aromatic carbocycles. The molecule has 0 saturated carbocycles. The van der Waals surface area contributed by atoms with Crippen molar-refractivity contribution < 1.29 is 23.9 Å². The second-order valence-corrected chi connectivity index (χ2v) is 4.87. The van der Waals surface area contributed by atoms with E-state index in [1.165, 1.54) is 0 Å². The number of benzene rings is 1. The van der Waals surface area contributed by atoms with Gasteiger partial charge in [0, 0.05) is 13.1 Å². The van der Waals surface area contributed by atoms with Gasteiger partial charge in [0.2, 0.25) is 0 Å². The highest BCUT2D eigenvalue weighted by Crippen LogP contribution is 2.20. The molecule has 0 bridgehead atoms. The second kappa shape index (κ2) is 5.43. The van der Waals surface area contributed by atoms with Crippen LogP contribution in [0.4, 0.5) is 4.79 Å². The van der Waals surface area contributed by atoms with Gasteiger partial charge in [0.1, 0.15) is 5.75 Å². The molecule has 2 aliphatic rings. The first-order chi connectivity index (χ1) is 10.1. The van der Waals surface area contributed by atoms with Gasteiger partial charge in [-0.15, -0.1) is 0 Å². The van der Waals surface area contributed by atoms with Gasteiger partial charge < -0.3 is 14.4 Å². The topological polar surface area (TPSA) is 76.2 Å². The average Bonchev–Trinajstić information content (AvgIpc) is 2.77. The predicted octanol–water partition coefficient (Wildman–Crippen LogP) is 0.255. The molecule has 0 N–H and O–H groups in total. The predicted molar refractivity (Wildman–Crippen MR) is 70.5 cm³/mol. The van der Waals surface area contributed by atoms with Crippen LogP contribution in [-0.4, -0.2) is 60.1 Å². The molecule has 0 atom stereocenters. The summed E-state index contributed by atoms with van der Waals surface area (Å²) in [6.07, 6.45) is -0.627. The van der Waals surface area contributed by atoms with E-state index in [1.54, 1.807) is 17.0 Å². The molecule has 7 heteroatoms. The molecule has 0 aliphatic carbocycles. The van der Waals surface area contributed by atoms with Crippen molar-refractivity contribution in [2.24, 2.45) is 0 Å². The Morgan fingerprint density at radius 2 is 1.95 bits per heavy atom. The summed E-state index contributed by atoms with van der Waals surface area (Å²) in [4.78, 5) is 37.4. The van der Waals surface area contributed by atoms with Crippen molar-refractivity contribution in [3.8, 4) is 5.75 Å². The lowest BCUT2D eigenvalue weighted by molar-refractivity contribution is -0.143. The van der Waals surface area contributed by atoms with Gasteiger partial charge in [0.15, 0.2) is 13.2 Å². The highest BCUT2D eigenvalue weighted by atomic mass is 16.6. The quantitative estimate of drug-likeness (QED) is 0.794. The van der Waals surface area contributed by atoms with E-state index in [0.717, 1.165) is 4.90 Å². The Hall–Kier alpha value is -2.57. The number of likely N-dealkylation sites (tertiary alicyclic amines) is 1. The second-order valence-electron chi connectivity index (χ2n) is 4.87. The number of cyclic esters (lactones) is 1. The summed E-state index contributed by atoms with van der Waals surface area (Å²) >= 11 is 0. The molecule has 0 unspecified atom stereocenters.